The van der Waals surface area contributed by atoms with E-state index < -0.39 is 22.0 Å². The van der Waals surface area contributed by atoms with Crippen molar-refractivity contribution in [1.29, 1.82) is 0 Å². The summed E-state index contributed by atoms with van der Waals surface area (Å²) in [5.41, 5.74) is 2.24. The zero-order chi connectivity index (χ0) is 15.5. The Morgan fingerprint density at radius 3 is 2.71 bits per heavy atom. The molecule has 21 heavy (non-hydrogen) atoms. The number of carbonyl (C=O) groups is 1. The minimum Gasteiger partial charge on any atom is -0.480 e. The fraction of sp³-hybridized carbons (Fsp3) is 0.533. The number of nitrogens with one attached hydrogen (secondary N) is 1. The molecule has 0 radical (unpaired) electrons. The summed E-state index contributed by atoms with van der Waals surface area (Å²) < 4.78 is 27.0. The Hall–Kier alpha value is -1.40. The zero-order valence-electron chi connectivity index (χ0n) is 12.1. The fourth-order valence-corrected chi connectivity index (χ4v) is 3.89. The standard InChI is InChI=1S/C15H21NO4S/c1-2-3-7-14(15(17)18)16-21(19,20)13-9-8-11-5-4-6-12(11)10-13/h8-10,14,16H,2-7H2,1H3,(H,17,18). The van der Waals surface area contributed by atoms with E-state index in [4.69, 9.17) is 5.11 Å². The van der Waals surface area contributed by atoms with Crippen LogP contribution in [-0.4, -0.2) is 25.5 Å². The summed E-state index contributed by atoms with van der Waals surface area (Å²) >= 11 is 0. The van der Waals surface area contributed by atoms with Crippen LogP contribution >= 0.6 is 0 Å². The van der Waals surface area contributed by atoms with Gasteiger partial charge in [0.25, 0.3) is 0 Å². The van der Waals surface area contributed by atoms with Gasteiger partial charge in [-0.15, -0.1) is 0 Å². The summed E-state index contributed by atoms with van der Waals surface area (Å²) in [7, 11) is -3.79. The number of unbranched alkanes of at least 4 members (excludes halogenated alkanes) is 1. The quantitative estimate of drug-likeness (QED) is 0.807. The van der Waals surface area contributed by atoms with Crippen molar-refractivity contribution < 1.29 is 18.3 Å². The number of rotatable bonds is 7. The van der Waals surface area contributed by atoms with E-state index in [-0.39, 0.29) is 4.90 Å². The molecule has 1 aliphatic rings. The van der Waals surface area contributed by atoms with Crippen LogP contribution in [0, 0.1) is 0 Å². The lowest BCUT2D eigenvalue weighted by Gasteiger charge is -2.15. The van der Waals surface area contributed by atoms with Crippen molar-refractivity contribution in [2.45, 2.75) is 56.4 Å². The number of carboxylic acid groups (broad SMARTS) is 1. The highest BCUT2D eigenvalue weighted by Gasteiger charge is 2.25. The van der Waals surface area contributed by atoms with Crippen molar-refractivity contribution in [3.8, 4) is 0 Å². The molecule has 0 spiro atoms. The van der Waals surface area contributed by atoms with E-state index in [1.165, 1.54) is 5.56 Å². The molecule has 0 bridgehead atoms. The first-order valence-corrected chi connectivity index (χ1v) is 8.79. The van der Waals surface area contributed by atoms with Crippen LogP contribution in [0.5, 0.6) is 0 Å². The van der Waals surface area contributed by atoms with Crippen LogP contribution in [0.3, 0.4) is 0 Å². The number of aryl methyl sites for hydroxylation is 2. The van der Waals surface area contributed by atoms with Gasteiger partial charge in [0.05, 0.1) is 4.90 Å². The third-order valence-electron chi connectivity index (χ3n) is 3.82. The summed E-state index contributed by atoms with van der Waals surface area (Å²) in [5.74, 6) is -1.13. The van der Waals surface area contributed by atoms with Gasteiger partial charge in [0.1, 0.15) is 6.04 Å². The van der Waals surface area contributed by atoms with Crippen molar-refractivity contribution in [3.63, 3.8) is 0 Å². The SMILES string of the molecule is CCCCC(NS(=O)(=O)c1ccc2c(c1)CCC2)C(=O)O. The predicted octanol–water partition coefficient (Wildman–Crippen LogP) is 2.10. The Balaban J connectivity index is 2.18. The summed E-state index contributed by atoms with van der Waals surface area (Å²) in [6.07, 6.45) is 4.71. The van der Waals surface area contributed by atoms with Gasteiger partial charge >= 0.3 is 5.97 Å². The molecule has 1 aromatic rings. The normalized spacial score (nSPS) is 15.7. The fourth-order valence-electron chi connectivity index (χ4n) is 2.61. The first-order chi connectivity index (χ1) is 9.94. The lowest BCUT2D eigenvalue weighted by atomic mass is 10.1. The maximum Gasteiger partial charge on any atom is 0.321 e. The first kappa shape index (κ1) is 16.0. The Labute approximate surface area is 125 Å². The largest absolute Gasteiger partial charge is 0.480 e. The Morgan fingerprint density at radius 2 is 2.05 bits per heavy atom. The first-order valence-electron chi connectivity index (χ1n) is 7.31. The van der Waals surface area contributed by atoms with Gasteiger partial charge in [-0.3, -0.25) is 4.79 Å². The highest BCUT2D eigenvalue weighted by Crippen LogP contribution is 2.24. The molecule has 1 unspecified atom stereocenters. The summed E-state index contributed by atoms with van der Waals surface area (Å²) in [6.45, 7) is 1.94. The number of sulfonamides is 1. The highest BCUT2D eigenvalue weighted by molar-refractivity contribution is 7.89. The molecule has 0 aromatic heterocycles. The van der Waals surface area contributed by atoms with Gasteiger partial charge in [-0.1, -0.05) is 25.8 Å². The minimum atomic E-state index is -3.79. The molecule has 2 rings (SSSR count). The lowest BCUT2D eigenvalue weighted by molar-refractivity contribution is -0.139. The molecule has 0 saturated heterocycles. The van der Waals surface area contributed by atoms with Crippen LogP contribution in [0.25, 0.3) is 0 Å². The molecular formula is C15H21NO4S. The third-order valence-corrected chi connectivity index (χ3v) is 5.29. The monoisotopic (exact) mass is 311 g/mol. The molecular weight excluding hydrogens is 290 g/mol. The number of fused-ring (bicyclic) bond motifs is 1. The molecule has 1 atom stereocenters. The van der Waals surface area contributed by atoms with Gasteiger partial charge in [0, 0.05) is 0 Å². The van der Waals surface area contributed by atoms with E-state index >= 15 is 0 Å². The smallest absolute Gasteiger partial charge is 0.321 e. The van der Waals surface area contributed by atoms with Gasteiger partial charge in [0.15, 0.2) is 0 Å². The van der Waals surface area contributed by atoms with Gasteiger partial charge in [-0.05, 0) is 48.9 Å². The second-order valence-corrected chi connectivity index (χ2v) is 7.15. The van der Waals surface area contributed by atoms with Gasteiger partial charge in [0.2, 0.25) is 10.0 Å². The maximum atomic E-state index is 12.3. The molecule has 0 aliphatic heterocycles. The molecule has 0 heterocycles. The zero-order valence-corrected chi connectivity index (χ0v) is 12.9. The van der Waals surface area contributed by atoms with Gasteiger partial charge in [-0.25, -0.2) is 8.42 Å². The predicted molar refractivity (Wildman–Crippen MR) is 79.7 cm³/mol. The van der Waals surface area contributed by atoms with Crippen molar-refractivity contribution in [2.75, 3.05) is 0 Å². The average molecular weight is 311 g/mol. The number of benzene rings is 1. The molecule has 116 valence electrons. The summed E-state index contributed by atoms with van der Waals surface area (Å²) in [5, 5.41) is 9.14. The van der Waals surface area contributed by atoms with E-state index in [0.29, 0.717) is 12.8 Å². The Kier molecular flexibility index (Phi) is 5.00. The topological polar surface area (TPSA) is 83.5 Å². The average Bonchev–Trinajstić information content (AvgIpc) is 2.90. The number of hydrogen-bond acceptors (Lipinski definition) is 3. The van der Waals surface area contributed by atoms with Crippen LogP contribution in [0.15, 0.2) is 23.1 Å². The van der Waals surface area contributed by atoms with E-state index in [1.54, 1.807) is 12.1 Å². The Bertz CT molecular complexity index is 625. The van der Waals surface area contributed by atoms with E-state index in [9.17, 15) is 13.2 Å². The van der Waals surface area contributed by atoms with Crippen LogP contribution in [0.4, 0.5) is 0 Å². The number of aliphatic carboxylic acids is 1. The van der Waals surface area contributed by atoms with E-state index in [0.717, 1.165) is 31.2 Å². The minimum absolute atomic E-state index is 0.158. The molecule has 5 nitrogen and oxygen atoms in total. The van der Waals surface area contributed by atoms with Crippen molar-refractivity contribution in [2.24, 2.45) is 0 Å². The maximum absolute atomic E-state index is 12.3. The van der Waals surface area contributed by atoms with Crippen LogP contribution < -0.4 is 4.72 Å². The Morgan fingerprint density at radius 1 is 1.33 bits per heavy atom. The van der Waals surface area contributed by atoms with Crippen LogP contribution in [0.1, 0.15) is 43.7 Å². The second kappa shape index (κ2) is 6.58. The molecule has 1 aliphatic carbocycles. The summed E-state index contributed by atoms with van der Waals surface area (Å²) in [6, 6.07) is 4.00. The number of carboxylic acids is 1. The molecule has 1 aromatic carbocycles. The van der Waals surface area contributed by atoms with Crippen LogP contribution in [0.2, 0.25) is 0 Å². The van der Waals surface area contributed by atoms with Crippen molar-refractivity contribution in [1.82, 2.24) is 4.72 Å². The lowest BCUT2D eigenvalue weighted by Crippen LogP contribution is -2.40. The van der Waals surface area contributed by atoms with E-state index in [1.807, 2.05) is 13.0 Å². The summed E-state index contributed by atoms with van der Waals surface area (Å²) in [4.78, 5) is 11.3. The number of hydrogen-bond donors (Lipinski definition) is 2. The van der Waals surface area contributed by atoms with Crippen molar-refractivity contribution >= 4 is 16.0 Å². The van der Waals surface area contributed by atoms with Gasteiger partial charge in [-0.2, -0.15) is 4.72 Å². The third kappa shape index (κ3) is 3.83. The molecule has 2 N–H and O–H groups in total. The second-order valence-electron chi connectivity index (χ2n) is 5.44. The molecule has 0 amide bonds. The molecule has 0 saturated carbocycles. The molecule has 0 fully saturated rings. The van der Waals surface area contributed by atoms with Gasteiger partial charge < -0.3 is 5.11 Å². The van der Waals surface area contributed by atoms with Crippen LogP contribution in [-0.2, 0) is 27.7 Å². The molecule has 6 heteroatoms. The highest BCUT2D eigenvalue weighted by atomic mass is 32.2. The van der Waals surface area contributed by atoms with E-state index in [2.05, 4.69) is 4.72 Å². The van der Waals surface area contributed by atoms with Crippen molar-refractivity contribution in [3.05, 3.63) is 29.3 Å².